The summed E-state index contributed by atoms with van der Waals surface area (Å²) in [7, 11) is 0. The lowest BCUT2D eigenvalue weighted by atomic mass is 9.95. The molecule has 0 N–H and O–H groups in total. The predicted molar refractivity (Wildman–Crippen MR) is 264 cm³/mol. The minimum Gasteiger partial charge on any atom is -0.463 e. The molecule has 2 fully saturated rings. The fourth-order valence-corrected chi connectivity index (χ4v) is 8.72. The van der Waals surface area contributed by atoms with Crippen LogP contribution in [0.15, 0.2) is 158 Å². The minimum atomic E-state index is -1.61. The van der Waals surface area contributed by atoms with Gasteiger partial charge in [-0.3, -0.25) is 14.4 Å². The van der Waals surface area contributed by atoms with E-state index in [2.05, 4.69) is 6.58 Å². The molecule has 0 bridgehead atoms. The highest BCUT2D eigenvalue weighted by Gasteiger charge is 2.57. The molecule has 10 atom stereocenters. The van der Waals surface area contributed by atoms with E-state index in [1.165, 1.54) is 19.9 Å². The fourth-order valence-electron chi connectivity index (χ4n) is 8.72. The largest absolute Gasteiger partial charge is 0.463 e. The molecule has 0 unspecified atom stereocenters. The van der Waals surface area contributed by atoms with E-state index in [0.29, 0.717) is 0 Å². The number of rotatable bonds is 20. The van der Waals surface area contributed by atoms with Crippen LogP contribution in [0.1, 0.15) is 52.6 Å². The smallest absolute Gasteiger partial charge is 0.338 e. The second-order valence-corrected chi connectivity index (χ2v) is 17.4. The molecule has 6 aromatic rings. The third-order valence-electron chi connectivity index (χ3n) is 12.1. The Kier molecular flexibility index (Phi) is 17.7. The van der Waals surface area contributed by atoms with Gasteiger partial charge in [0.25, 0.3) is 0 Å². The quantitative estimate of drug-likeness (QED) is 0.0406. The highest BCUT2D eigenvalue weighted by molar-refractivity contribution is 5.90. The lowest BCUT2D eigenvalue weighted by Crippen LogP contribution is -2.67. The van der Waals surface area contributed by atoms with Crippen molar-refractivity contribution in [2.75, 3.05) is 19.8 Å². The van der Waals surface area contributed by atoms with Gasteiger partial charge in [0.1, 0.15) is 43.7 Å². The molecule has 2 aliphatic rings. The molecule has 6 aromatic carbocycles. The second kappa shape index (κ2) is 24.9. The zero-order chi connectivity index (χ0) is 51.3. The number of hydrogen-bond acceptors (Lipinski definition) is 16. The van der Waals surface area contributed by atoms with Crippen LogP contribution < -0.4 is 0 Å². The second-order valence-electron chi connectivity index (χ2n) is 17.4. The van der Waals surface area contributed by atoms with Crippen LogP contribution >= 0.6 is 0 Å². The molecule has 2 heterocycles. The highest BCUT2D eigenvalue weighted by atomic mass is 16.8. The lowest BCUT2D eigenvalue weighted by Gasteiger charge is -2.49. The molecule has 8 rings (SSSR count). The Morgan fingerprint density at radius 3 is 1.49 bits per heavy atom. The van der Waals surface area contributed by atoms with Crippen molar-refractivity contribution in [3.63, 3.8) is 0 Å². The maximum absolute atomic E-state index is 14.3. The summed E-state index contributed by atoms with van der Waals surface area (Å²) in [6.45, 7) is 6.07. The molecule has 380 valence electrons. The number of ether oxygens (including phenoxy) is 11. The van der Waals surface area contributed by atoms with Crippen LogP contribution in [0.2, 0.25) is 0 Å². The van der Waals surface area contributed by atoms with E-state index in [9.17, 15) is 24.0 Å². The van der Waals surface area contributed by atoms with E-state index in [1.54, 1.807) is 60.7 Å². The topological polar surface area (TPSA) is 187 Å². The van der Waals surface area contributed by atoms with Gasteiger partial charge in [-0.05, 0) is 69.1 Å². The summed E-state index contributed by atoms with van der Waals surface area (Å²) in [5, 5.41) is 3.88. The summed E-state index contributed by atoms with van der Waals surface area (Å²) in [4.78, 5) is 66.2. The summed E-state index contributed by atoms with van der Waals surface area (Å²) in [6, 6.07) is 43.9. The Balaban J connectivity index is 1.26. The average Bonchev–Trinajstić information content (AvgIpc) is 3.40. The Labute approximate surface area is 421 Å². The first-order valence-corrected chi connectivity index (χ1v) is 23.8. The molecule has 0 saturated carbocycles. The summed E-state index contributed by atoms with van der Waals surface area (Å²) < 4.78 is 69.4. The number of hydrogen-bond donors (Lipinski definition) is 0. The third-order valence-corrected chi connectivity index (χ3v) is 12.1. The summed E-state index contributed by atoms with van der Waals surface area (Å²) in [5.74, 6) is -3.68. The number of carbonyl (C=O) groups excluding carboxylic acids is 5. The zero-order valence-corrected chi connectivity index (χ0v) is 40.5. The summed E-state index contributed by atoms with van der Waals surface area (Å²) in [6.07, 6.45) is -12.7. The van der Waals surface area contributed by atoms with Crippen LogP contribution in [0.25, 0.3) is 21.5 Å². The van der Waals surface area contributed by atoms with Crippen molar-refractivity contribution in [3.8, 4) is 0 Å². The predicted octanol–water partition coefficient (Wildman–Crippen LogP) is 8.01. The maximum Gasteiger partial charge on any atom is 0.338 e. The van der Waals surface area contributed by atoms with Gasteiger partial charge in [0, 0.05) is 20.8 Å². The molecule has 0 aliphatic carbocycles. The Morgan fingerprint density at radius 2 is 0.945 bits per heavy atom. The van der Waals surface area contributed by atoms with E-state index in [0.717, 1.165) is 39.6 Å². The first-order chi connectivity index (χ1) is 35.4. The van der Waals surface area contributed by atoms with Crippen LogP contribution in [0.3, 0.4) is 0 Å². The van der Waals surface area contributed by atoms with Gasteiger partial charge in [0.2, 0.25) is 0 Å². The van der Waals surface area contributed by atoms with Crippen LogP contribution in [0.4, 0.5) is 0 Å². The van der Waals surface area contributed by atoms with E-state index < -0.39 is 104 Å². The normalized spacial score (nSPS) is 23.7. The van der Waals surface area contributed by atoms with Gasteiger partial charge in [-0.25, -0.2) is 9.59 Å². The molecule has 2 saturated heterocycles. The number of carbonyl (C=O) groups is 5. The first-order valence-electron chi connectivity index (χ1n) is 23.8. The molecule has 16 heteroatoms. The van der Waals surface area contributed by atoms with Gasteiger partial charge in [-0.1, -0.05) is 115 Å². The maximum atomic E-state index is 14.3. The molecule has 0 aromatic heterocycles. The summed E-state index contributed by atoms with van der Waals surface area (Å²) >= 11 is 0. The van der Waals surface area contributed by atoms with Crippen LogP contribution in [-0.4, -0.2) is 111 Å². The van der Waals surface area contributed by atoms with Crippen molar-refractivity contribution in [1.82, 2.24) is 0 Å². The molecule has 0 amide bonds. The van der Waals surface area contributed by atoms with Crippen molar-refractivity contribution in [2.24, 2.45) is 0 Å². The first kappa shape index (κ1) is 52.0. The van der Waals surface area contributed by atoms with Gasteiger partial charge >= 0.3 is 29.8 Å². The monoisotopic (exact) mass is 996 g/mol. The van der Waals surface area contributed by atoms with E-state index in [1.807, 2.05) is 84.9 Å². The van der Waals surface area contributed by atoms with Crippen molar-refractivity contribution < 1.29 is 76.1 Å². The molecule has 0 spiro atoms. The number of fused-ring (bicyclic) bond motifs is 2. The van der Waals surface area contributed by atoms with Gasteiger partial charge < -0.3 is 52.1 Å². The van der Waals surface area contributed by atoms with Crippen LogP contribution in [0.5, 0.6) is 0 Å². The van der Waals surface area contributed by atoms with Crippen molar-refractivity contribution in [1.29, 1.82) is 0 Å². The molecule has 16 nitrogen and oxygen atoms in total. The average molecular weight is 997 g/mol. The Hall–Kier alpha value is -7.31. The molecule has 2 aliphatic heterocycles. The molecular formula is C57H56O16. The SMILES string of the molecule is C=CCO[C@@H]1O[C@H](COC(C)=O)[C@H](OC(C)=O)[C@H](O[C@H]2O[C@H](COC(=O)c3ccccc3)[C@H](OC(=O)c3ccccc3)[C@H](OCc3ccc4ccccc4c3)[C@H]2OCc2ccc3ccccc3c2)[C@H]1OC(C)=O. The van der Waals surface area contributed by atoms with Crippen molar-refractivity contribution >= 4 is 51.4 Å². The summed E-state index contributed by atoms with van der Waals surface area (Å²) in [5.41, 5.74) is 1.94. The standard InChI is InChI=1S/C57H56O16/c1-5-28-63-56-53(69-37(4)60)51(49(68-36(3)59)46(70-56)33-64-35(2)58)73-57-52(66-32-39-25-27-41-17-13-15-23-45(41)30-39)50(65-31-38-24-26-40-16-12-14-22-44(40)29-38)48(72-55(62)43-20-10-7-11-21-43)47(71-57)34-67-54(61)42-18-8-6-9-19-42/h5-27,29-30,46-53,56-57H,1,28,31-34H2,2-4H3/t46-,47-,48+,49+,50+,51+,52-,53-,56-,57-/m1/s1. The Bertz CT molecular complexity index is 2850. The van der Waals surface area contributed by atoms with Gasteiger partial charge in [-0.15, -0.1) is 6.58 Å². The Morgan fingerprint density at radius 1 is 0.466 bits per heavy atom. The van der Waals surface area contributed by atoms with E-state index in [4.69, 9.17) is 52.1 Å². The zero-order valence-electron chi connectivity index (χ0n) is 40.5. The van der Waals surface area contributed by atoms with Crippen LogP contribution in [-0.2, 0) is 79.7 Å². The van der Waals surface area contributed by atoms with Crippen molar-refractivity contribution in [3.05, 3.63) is 181 Å². The number of esters is 5. The molecule has 73 heavy (non-hydrogen) atoms. The lowest BCUT2D eigenvalue weighted by molar-refractivity contribution is -0.367. The molecule has 0 radical (unpaired) electrons. The van der Waals surface area contributed by atoms with Crippen LogP contribution in [0, 0.1) is 0 Å². The molecular weight excluding hydrogens is 941 g/mol. The highest BCUT2D eigenvalue weighted by Crippen LogP contribution is 2.37. The van der Waals surface area contributed by atoms with Gasteiger partial charge in [0.05, 0.1) is 30.9 Å². The van der Waals surface area contributed by atoms with E-state index >= 15 is 0 Å². The van der Waals surface area contributed by atoms with Crippen molar-refractivity contribution in [2.45, 2.75) is 95.4 Å². The fraction of sp³-hybridized carbons (Fsp3) is 0.316. The minimum absolute atomic E-state index is 0.0562. The van der Waals surface area contributed by atoms with Gasteiger partial charge in [0.15, 0.2) is 30.9 Å². The van der Waals surface area contributed by atoms with Gasteiger partial charge in [-0.2, -0.15) is 0 Å². The number of benzene rings is 6. The van der Waals surface area contributed by atoms with E-state index in [-0.39, 0.29) is 30.9 Å². The third kappa shape index (κ3) is 13.6.